The highest BCUT2D eigenvalue weighted by Crippen LogP contribution is 2.66. The Hall–Kier alpha value is -1.16. The topological polar surface area (TPSA) is 63.6 Å². The first-order valence-corrected chi connectivity index (χ1v) is 13.7. The molecule has 4 heteroatoms. The van der Waals surface area contributed by atoms with Crippen LogP contribution in [0.3, 0.4) is 0 Å². The number of hydrogen-bond donors (Lipinski definition) is 1. The number of rotatable bonds is 6. The van der Waals surface area contributed by atoms with E-state index in [9.17, 15) is 14.7 Å². The zero-order chi connectivity index (χ0) is 24.0. The predicted molar refractivity (Wildman–Crippen MR) is 130 cm³/mol. The maximum absolute atomic E-state index is 12.5. The first-order valence-electron chi connectivity index (χ1n) is 13.7. The molecule has 0 aromatic carbocycles. The van der Waals surface area contributed by atoms with Gasteiger partial charge in [-0.15, -0.1) is 0 Å². The monoisotopic (exact) mass is 458 g/mol. The smallest absolute Gasteiger partial charge is 0.305 e. The molecule has 10 atom stereocenters. The molecule has 0 aromatic heterocycles. The third kappa shape index (κ3) is 4.34. The average molecular weight is 459 g/mol. The summed E-state index contributed by atoms with van der Waals surface area (Å²) in [5.74, 6) is 3.03. The van der Waals surface area contributed by atoms with E-state index in [0.717, 1.165) is 25.7 Å². The second-order valence-electron chi connectivity index (χ2n) is 12.4. The van der Waals surface area contributed by atoms with Crippen molar-refractivity contribution >= 4 is 11.8 Å². The Kier molecular flexibility index (Phi) is 7.16. The van der Waals surface area contributed by atoms with Gasteiger partial charge in [-0.05, 0) is 104 Å². The normalized spacial score (nSPS) is 45.5. The van der Waals surface area contributed by atoms with Crippen molar-refractivity contribution in [2.24, 2.45) is 52.3 Å². The van der Waals surface area contributed by atoms with E-state index in [4.69, 9.17) is 4.74 Å². The van der Waals surface area contributed by atoms with E-state index < -0.39 is 0 Å². The molecule has 186 valence electrons. The summed E-state index contributed by atoms with van der Waals surface area (Å²) in [5.41, 5.74) is 0.222. The largest absolute Gasteiger partial charge is 0.466 e. The Balaban J connectivity index is 1.61. The Labute approximate surface area is 200 Å². The van der Waals surface area contributed by atoms with Gasteiger partial charge in [-0.1, -0.05) is 40.2 Å². The minimum atomic E-state index is -0.315. The van der Waals surface area contributed by atoms with Crippen LogP contribution in [0, 0.1) is 52.3 Å². The predicted octanol–water partition coefficient (Wildman–Crippen LogP) is 5.97. The summed E-state index contributed by atoms with van der Waals surface area (Å²) < 4.78 is 5.18. The van der Waals surface area contributed by atoms with Crippen molar-refractivity contribution in [1.82, 2.24) is 0 Å². The van der Waals surface area contributed by atoms with Crippen LogP contribution in [0.1, 0.15) is 92.4 Å². The standard InChI is InChI=1S/C29H46O4/c1-6-21-19-16-20(30)12-14-28(4,17-19)23-13-15-29(5)22(9-10-24(29)26(23)27(21)32)18(3)8-11-25(31)33-7-2/h12,14,18-19,21-24,26-27,32H,6-11,13,15-17H2,1-5H3/t18-,19+,21+,22-,23?,24?,26?,27-,28+,29-/m1/s1. The molecule has 4 aliphatic carbocycles. The molecular formula is C29H46O4. The summed E-state index contributed by atoms with van der Waals surface area (Å²) >= 11 is 0. The fraction of sp³-hybridized carbons (Fsp3) is 0.862. The molecule has 0 heterocycles. The summed E-state index contributed by atoms with van der Waals surface area (Å²) in [7, 11) is 0. The highest BCUT2D eigenvalue weighted by molar-refractivity contribution is 5.90. The molecule has 4 rings (SSSR count). The minimum absolute atomic E-state index is 0.00133. The number of fused-ring (bicyclic) bond motifs is 6. The molecule has 3 unspecified atom stereocenters. The van der Waals surface area contributed by atoms with Crippen molar-refractivity contribution in [2.45, 2.75) is 98.5 Å². The van der Waals surface area contributed by atoms with Gasteiger partial charge in [-0.3, -0.25) is 9.59 Å². The van der Waals surface area contributed by atoms with E-state index in [2.05, 4.69) is 33.8 Å². The fourth-order valence-corrected chi connectivity index (χ4v) is 9.23. The number of aliphatic hydroxyl groups is 1. The summed E-state index contributed by atoms with van der Waals surface area (Å²) in [6, 6.07) is 0. The molecule has 0 radical (unpaired) electrons. The van der Waals surface area contributed by atoms with Gasteiger partial charge in [0.15, 0.2) is 5.78 Å². The molecule has 0 saturated heterocycles. The quantitative estimate of drug-likeness (QED) is 0.498. The lowest BCUT2D eigenvalue weighted by Crippen LogP contribution is -2.51. The SMILES string of the molecule is CCOC(=O)CC[C@@H](C)[C@H]1CCC2C3C(CC[C@@]21C)[C@@]1(C)C=CC(=O)C[C@@H](C1)[C@H](CC)[C@H]3O. The van der Waals surface area contributed by atoms with E-state index in [1.54, 1.807) is 0 Å². The van der Waals surface area contributed by atoms with Crippen molar-refractivity contribution in [3.63, 3.8) is 0 Å². The average Bonchev–Trinajstić information content (AvgIpc) is 3.00. The van der Waals surface area contributed by atoms with Gasteiger partial charge in [0.1, 0.15) is 0 Å². The van der Waals surface area contributed by atoms with Gasteiger partial charge >= 0.3 is 5.97 Å². The van der Waals surface area contributed by atoms with Crippen molar-refractivity contribution in [3.05, 3.63) is 12.2 Å². The van der Waals surface area contributed by atoms with Gasteiger partial charge in [0.2, 0.25) is 0 Å². The van der Waals surface area contributed by atoms with Gasteiger partial charge in [-0.25, -0.2) is 0 Å². The van der Waals surface area contributed by atoms with Crippen LogP contribution in [-0.2, 0) is 14.3 Å². The van der Waals surface area contributed by atoms with Crippen LogP contribution in [0.25, 0.3) is 0 Å². The van der Waals surface area contributed by atoms with Crippen LogP contribution >= 0.6 is 0 Å². The number of allylic oxidation sites excluding steroid dienone is 2. The molecular weight excluding hydrogens is 412 g/mol. The molecule has 33 heavy (non-hydrogen) atoms. The Morgan fingerprint density at radius 1 is 1.21 bits per heavy atom. The Morgan fingerprint density at radius 3 is 2.67 bits per heavy atom. The number of ketones is 1. The number of carbonyl (C=O) groups excluding carboxylic acids is 2. The second kappa shape index (κ2) is 9.47. The molecule has 0 amide bonds. The van der Waals surface area contributed by atoms with Gasteiger partial charge in [-0.2, -0.15) is 0 Å². The summed E-state index contributed by atoms with van der Waals surface area (Å²) in [6.45, 7) is 11.7. The van der Waals surface area contributed by atoms with E-state index in [1.807, 2.05) is 13.0 Å². The van der Waals surface area contributed by atoms with E-state index >= 15 is 0 Å². The highest BCUT2D eigenvalue weighted by Gasteiger charge is 2.61. The lowest BCUT2D eigenvalue weighted by Gasteiger charge is -2.54. The van der Waals surface area contributed by atoms with Gasteiger partial charge in [0.25, 0.3) is 0 Å². The van der Waals surface area contributed by atoms with Crippen molar-refractivity contribution < 1.29 is 19.4 Å². The van der Waals surface area contributed by atoms with Crippen molar-refractivity contribution in [3.8, 4) is 0 Å². The summed E-state index contributed by atoms with van der Waals surface area (Å²) in [4.78, 5) is 24.5. The van der Waals surface area contributed by atoms with Crippen LogP contribution in [0.15, 0.2) is 12.2 Å². The number of hydrogen-bond acceptors (Lipinski definition) is 4. The Bertz CT molecular complexity index is 774. The van der Waals surface area contributed by atoms with Crippen molar-refractivity contribution in [2.75, 3.05) is 6.61 Å². The van der Waals surface area contributed by atoms with Crippen molar-refractivity contribution in [1.29, 1.82) is 0 Å². The van der Waals surface area contributed by atoms with Gasteiger partial charge in [0.05, 0.1) is 12.7 Å². The lowest BCUT2D eigenvalue weighted by molar-refractivity contribution is -0.143. The molecule has 3 fully saturated rings. The number of esters is 1. The number of aliphatic hydroxyl groups excluding tert-OH is 1. The van der Waals surface area contributed by atoms with Crippen LogP contribution in [-0.4, -0.2) is 29.6 Å². The maximum atomic E-state index is 12.5. The molecule has 2 bridgehead atoms. The third-order valence-corrected chi connectivity index (χ3v) is 10.8. The zero-order valence-electron chi connectivity index (χ0n) is 21.5. The lowest BCUT2D eigenvalue weighted by atomic mass is 9.51. The first kappa shape index (κ1) is 24.9. The molecule has 1 N–H and O–H groups in total. The molecule has 0 aromatic rings. The molecule has 3 saturated carbocycles. The minimum Gasteiger partial charge on any atom is -0.466 e. The summed E-state index contributed by atoms with van der Waals surface area (Å²) in [6.07, 6.45) is 12.5. The van der Waals surface area contributed by atoms with E-state index in [0.29, 0.717) is 49.0 Å². The van der Waals surface area contributed by atoms with E-state index in [-0.39, 0.29) is 40.5 Å². The molecule has 0 spiro atoms. The molecule has 0 aliphatic heterocycles. The highest BCUT2D eigenvalue weighted by atomic mass is 16.5. The van der Waals surface area contributed by atoms with Crippen LogP contribution in [0.5, 0.6) is 0 Å². The molecule has 4 nitrogen and oxygen atoms in total. The van der Waals surface area contributed by atoms with Crippen LogP contribution < -0.4 is 0 Å². The van der Waals surface area contributed by atoms with Gasteiger partial charge < -0.3 is 9.84 Å². The molecule has 4 aliphatic rings. The second-order valence-corrected chi connectivity index (χ2v) is 12.4. The first-order chi connectivity index (χ1) is 15.6. The van der Waals surface area contributed by atoms with Crippen LogP contribution in [0.4, 0.5) is 0 Å². The van der Waals surface area contributed by atoms with Crippen LogP contribution in [0.2, 0.25) is 0 Å². The van der Waals surface area contributed by atoms with E-state index in [1.165, 1.54) is 19.3 Å². The fourth-order valence-electron chi connectivity index (χ4n) is 9.23. The maximum Gasteiger partial charge on any atom is 0.305 e. The van der Waals surface area contributed by atoms with Gasteiger partial charge in [0, 0.05) is 12.8 Å². The summed E-state index contributed by atoms with van der Waals surface area (Å²) in [5, 5.41) is 11.9. The third-order valence-electron chi connectivity index (χ3n) is 10.8. The zero-order valence-corrected chi connectivity index (χ0v) is 21.5. The Morgan fingerprint density at radius 2 is 1.97 bits per heavy atom. The number of carbonyl (C=O) groups is 2. The number of ether oxygens (including phenoxy) is 1.